The van der Waals surface area contributed by atoms with E-state index >= 15 is 0 Å². The van der Waals surface area contributed by atoms with E-state index in [9.17, 15) is 4.79 Å². The third-order valence-corrected chi connectivity index (χ3v) is 3.94. The number of piperidine rings is 1. The van der Waals surface area contributed by atoms with Crippen LogP contribution in [0.3, 0.4) is 0 Å². The molecule has 0 N–H and O–H groups in total. The maximum atomic E-state index is 12.3. The van der Waals surface area contributed by atoms with Crippen molar-refractivity contribution in [2.24, 2.45) is 0 Å². The molecule has 1 heterocycles. The summed E-state index contributed by atoms with van der Waals surface area (Å²) in [6, 6.07) is 7.60. The van der Waals surface area contributed by atoms with Crippen molar-refractivity contribution in [3.05, 3.63) is 24.3 Å². The van der Waals surface area contributed by atoms with Crippen molar-refractivity contribution in [3.63, 3.8) is 0 Å². The van der Waals surface area contributed by atoms with E-state index in [1.54, 1.807) is 7.11 Å². The zero-order valence-corrected chi connectivity index (χ0v) is 14.5. The second-order valence-corrected chi connectivity index (χ2v) is 6.15. The molecule has 5 nitrogen and oxygen atoms in total. The second kappa shape index (κ2) is 8.20. The van der Waals surface area contributed by atoms with Crippen LogP contribution in [0.5, 0.6) is 11.5 Å². The third kappa shape index (κ3) is 5.13. The van der Waals surface area contributed by atoms with Gasteiger partial charge in [0.2, 0.25) is 0 Å². The van der Waals surface area contributed by atoms with Crippen molar-refractivity contribution < 1.29 is 19.0 Å². The molecule has 0 spiro atoms. The Morgan fingerprint density at radius 2 is 1.65 bits per heavy atom. The van der Waals surface area contributed by atoms with Gasteiger partial charge in [0.15, 0.2) is 0 Å². The van der Waals surface area contributed by atoms with Crippen molar-refractivity contribution in [1.29, 1.82) is 0 Å². The number of nitrogens with zero attached hydrogens (tertiary/aromatic N) is 1. The smallest absolute Gasteiger partial charge is 0.251 e. The van der Waals surface area contributed by atoms with E-state index in [4.69, 9.17) is 14.2 Å². The maximum absolute atomic E-state index is 12.3. The number of benzene rings is 1. The highest BCUT2D eigenvalue weighted by Gasteiger charge is 2.27. The summed E-state index contributed by atoms with van der Waals surface area (Å²) in [6.45, 7) is 7.14. The van der Waals surface area contributed by atoms with Crippen molar-refractivity contribution in [2.45, 2.75) is 51.9 Å². The molecular formula is C18H27NO4. The van der Waals surface area contributed by atoms with Crippen molar-refractivity contribution in [1.82, 2.24) is 4.90 Å². The molecule has 1 aromatic carbocycles. The molecule has 1 aromatic rings. The highest BCUT2D eigenvalue weighted by Crippen LogP contribution is 2.22. The molecule has 23 heavy (non-hydrogen) atoms. The minimum absolute atomic E-state index is 0.0601. The van der Waals surface area contributed by atoms with Gasteiger partial charge in [-0.2, -0.15) is 0 Å². The van der Waals surface area contributed by atoms with Gasteiger partial charge in [-0.25, -0.2) is 0 Å². The van der Waals surface area contributed by atoms with E-state index in [0.717, 1.165) is 24.3 Å². The van der Waals surface area contributed by atoms with Gasteiger partial charge in [-0.15, -0.1) is 0 Å². The molecule has 5 heteroatoms. The Morgan fingerprint density at radius 3 is 2.17 bits per heavy atom. The van der Waals surface area contributed by atoms with Crippen LogP contribution in [0.2, 0.25) is 0 Å². The first-order valence-corrected chi connectivity index (χ1v) is 8.24. The molecule has 2 rings (SSSR count). The SMILES string of the molecule is COc1ccc(OC2CCN(C(=O)[C@H](C)OC(C)C)CC2)cc1. The molecule has 1 atom stereocenters. The zero-order valence-electron chi connectivity index (χ0n) is 14.5. The van der Waals surface area contributed by atoms with Crippen LogP contribution >= 0.6 is 0 Å². The van der Waals surface area contributed by atoms with Gasteiger partial charge in [0.25, 0.3) is 5.91 Å². The first-order chi connectivity index (χ1) is 11.0. The predicted molar refractivity (Wildman–Crippen MR) is 88.9 cm³/mol. The number of hydrogen-bond donors (Lipinski definition) is 0. The molecule has 1 aliphatic rings. The van der Waals surface area contributed by atoms with Crippen LogP contribution in [0.4, 0.5) is 0 Å². The van der Waals surface area contributed by atoms with E-state index < -0.39 is 0 Å². The Kier molecular flexibility index (Phi) is 6.28. The molecule has 0 bridgehead atoms. The van der Waals surface area contributed by atoms with Gasteiger partial charge < -0.3 is 19.1 Å². The summed E-state index contributed by atoms with van der Waals surface area (Å²) < 4.78 is 16.7. The van der Waals surface area contributed by atoms with Gasteiger partial charge in [0, 0.05) is 25.9 Å². The van der Waals surface area contributed by atoms with Crippen molar-refractivity contribution in [3.8, 4) is 11.5 Å². The number of carbonyl (C=O) groups is 1. The molecule has 0 aromatic heterocycles. The molecule has 1 amide bonds. The van der Waals surface area contributed by atoms with Crippen LogP contribution < -0.4 is 9.47 Å². The van der Waals surface area contributed by atoms with Gasteiger partial charge in [-0.05, 0) is 45.0 Å². The summed E-state index contributed by atoms with van der Waals surface area (Å²) in [5, 5.41) is 0. The molecule has 0 aliphatic carbocycles. The number of amides is 1. The van der Waals surface area contributed by atoms with E-state index in [0.29, 0.717) is 13.1 Å². The van der Waals surface area contributed by atoms with Gasteiger partial charge in [-0.1, -0.05) is 0 Å². The Morgan fingerprint density at radius 1 is 1.09 bits per heavy atom. The average molecular weight is 321 g/mol. The van der Waals surface area contributed by atoms with Crippen molar-refractivity contribution >= 4 is 5.91 Å². The second-order valence-electron chi connectivity index (χ2n) is 6.15. The molecule has 0 unspecified atom stereocenters. The summed E-state index contributed by atoms with van der Waals surface area (Å²) in [5.41, 5.74) is 0. The fourth-order valence-electron chi connectivity index (χ4n) is 2.76. The van der Waals surface area contributed by atoms with Crippen LogP contribution in [0.1, 0.15) is 33.6 Å². The van der Waals surface area contributed by atoms with E-state index in [1.165, 1.54) is 0 Å². The van der Waals surface area contributed by atoms with Crippen LogP contribution in [0, 0.1) is 0 Å². The summed E-state index contributed by atoms with van der Waals surface area (Å²) in [5.74, 6) is 1.73. The van der Waals surface area contributed by atoms with Gasteiger partial charge >= 0.3 is 0 Å². The van der Waals surface area contributed by atoms with Crippen molar-refractivity contribution in [2.75, 3.05) is 20.2 Å². The monoisotopic (exact) mass is 321 g/mol. The number of likely N-dealkylation sites (tertiary alicyclic amines) is 1. The number of ether oxygens (including phenoxy) is 3. The van der Waals surface area contributed by atoms with Gasteiger partial charge in [-0.3, -0.25) is 4.79 Å². The summed E-state index contributed by atoms with van der Waals surface area (Å²) >= 11 is 0. The molecule has 1 fully saturated rings. The lowest BCUT2D eigenvalue weighted by Gasteiger charge is -2.34. The quantitative estimate of drug-likeness (QED) is 0.808. The largest absolute Gasteiger partial charge is 0.497 e. The standard InChI is InChI=1S/C18H27NO4/c1-13(2)22-14(3)18(20)19-11-9-17(10-12-19)23-16-7-5-15(21-4)6-8-16/h5-8,13-14,17H,9-12H2,1-4H3/t14-/m0/s1. The predicted octanol–water partition coefficient (Wildman–Crippen LogP) is 2.88. The maximum Gasteiger partial charge on any atom is 0.251 e. The zero-order chi connectivity index (χ0) is 16.8. The highest BCUT2D eigenvalue weighted by atomic mass is 16.5. The molecule has 0 radical (unpaired) electrons. The fraction of sp³-hybridized carbons (Fsp3) is 0.611. The Balaban J connectivity index is 1.80. The molecule has 1 aliphatic heterocycles. The Hall–Kier alpha value is -1.75. The van der Waals surface area contributed by atoms with Crippen LogP contribution in [0.15, 0.2) is 24.3 Å². The average Bonchev–Trinajstić information content (AvgIpc) is 2.55. The third-order valence-electron chi connectivity index (χ3n) is 3.94. The summed E-state index contributed by atoms with van der Waals surface area (Å²) in [4.78, 5) is 14.2. The highest BCUT2D eigenvalue weighted by molar-refractivity contribution is 5.80. The van der Waals surface area contributed by atoms with Gasteiger partial charge in [0.05, 0.1) is 13.2 Å². The van der Waals surface area contributed by atoms with Gasteiger partial charge in [0.1, 0.15) is 23.7 Å². The lowest BCUT2D eigenvalue weighted by atomic mass is 10.1. The summed E-state index contributed by atoms with van der Waals surface area (Å²) in [7, 11) is 1.65. The fourth-order valence-corrected chi connectivity index (χ4v) is 2.76. The first-order valence-electron chi connectivity index (χ1n) is 8.24. The van der Waals surface area contributed by atoms with Crippen LogP contribution in [-0.2, 0) is 9.53 Å². The van der Waals surface area contributed by atoms with Crippen LogP contribution in [0.25, 0.3) is 0 Å². The lowest BCUT2D eigenvalue weighted by molar-refractivity contribution is -0.146. The molecular weight excluding hydrogens is 294 g/mol. The number of hydrogen-bond acceptors (Lipinski definition) is 4. The van der Waals surface area contributed by atoms with Crippen LogP contribution in [-0.4, -0.2) is 49.3 Å². The Labute approximate surface area is 138 Å². The van der Waals surface area contributed by atoms with E-state index in [1.807, 2.05) is 49.9 Å². The van der Waals surface area contributed by atoms with E-state index in [2.05, 4.69) is 0 Å². The number of rotatable bonds is 6. The normalized spacial score (nSPS) is 17.2. The number of methoxy groups -OCH3 is 1. The molecule has 128 valence electrons. The molecule has 1 saturated heterocycles. The van der Waals surface area contributed by atoms with E-state index in [-0.39, 0.29) is 24.2 Å². The minimum atomic E-state index is -0.381. The summed E-state index contributed by atoms with van der Waals surface area (Å²) in [6.07, 6.45) is 1.51. The minimum Gasteiger partial charge on any atom is -0.497 e. The lowest BCUT2D eigenvalue weighted by Crippen LogP contribution is -2.46. The first kappa shape index (κ1) is 17.6. The Bertz CT molecular complexity index is 492. The number of carbonyl (C=O) groups excluding carboxylic acids is 1. The molecule has 0 saturated carbocycles. The topological polar surface area (TPSA) is 48.0 Å².